The maximum atomic E-state index is 11.5. The molecule has 30 heavy (non-hydrogen) atoms. The van der Waals surface area contributed by atoms with Crippen LogP contribution in [0.25, 0.3) is 11.5 Å². The molecule has 1 N–H and O–H groups in total. The molecule has 0 radical (unpaired) electrons. The molecule has 5 rings (SSSR count). The zero-order valence-electron chi connectivity index (χ0n) is 16.8. The lowest BCUT2D eigenvalue weighted by molar-refractivity contribution is -0.142. The van der Waals surface area contributed by atoms with Gasteiger partial charge in [-0.05, 0) is 55.2 Å². The molecule has 2 aliphatic carbocycles. The summed E-state index contributed by atoms with van der Waals surface area (Å²) in [5.74, 6) is 1.44. The summed E-state index contributed by atoms with van der Waals surface area (Å²) >= 11 is 0. The van der Waals surface area contributed by atoms with Crippen molar-refractivity contribution >= 4 is 11.9 Å². The predicted molar refractivity (Wildman–Crippen MR) is 109 cm³/mol. The van der Waals surface area contributed by atoms with E-state index in [0.717, 1.165) is 18.8 Å². The van der Waals surface area contributed by atoms with Crippen LogP contribution in [0.3, 0.4) is 0 Å². The van der Waals surface area contributed by atoms with Gasteiger partial charge in [0.2, 0.25) is 11.8 Å². The number of fused-ring (bicyclic) bond motifs is 1. The van der Waals surface area contributed by atoms with Crippen LogP contribution in [-0.4, -0.2) is 38.8 Å². The van der Waals surface area contributed by atoms with Gasteiger partial charge in [-0.25, -0.2) is 9.97 Å². The Balaban J connectivity index is 1.21. The van der Waals surface area contributed by atoms with Crippen molar-refractivity contribution in [1.29, 1.82) is 0 Å². The Morgan fingerprint density at radius 1 is 1.17 bits per heavy atom. The zero-order valence-corrected chi connectivity index (χ0v) is 16.8. The molecule has 1 aromatic carbocycles. The molecular weight excluding hydrogens is 382 g/mol. The van der Waals surface area contributed by atoms with Crippen LogP contribution in [0.4, 0.5) is 5.95 Å². The van der Waals surface area contributed by atoms with Crippen molar-refractivity contribution in [2.24, 2.45) is 0 Å². The van der Waals surface area contributed by atoms with Crippen LogP contribution in [-0.2, 0) is 28.8 Å². The molecule has 2 heterocycles. The van der Waals surface area contributed by atoms with Crippen molar-refractivity contribution in [3.63, 3.8) is 0 Å². The van der Waals surface area contributed by atoms with Crippen molar-refractivity contribution in [1.82, 2.24) is 20.2 Å². The summed E-state index contributed by atoms with van der Waals surface area (Å²) in [4.78, 5) is 20.3. The summed E-state index contributed by atoms with van der Waals surface area (Å²) in [7, 11) is 0. The first-order valence-corrected chi connectivity index (χ1v) is 10.4. The normalized spacial score (nSPS) is 17.6. The van der Waals surface area contributed by atoms with Crippen LogP contribution < -0.4 is 5.32 Å². The predicted octanol–water partition coefficient (Wildman–Crippen LogP) is 3.09. The van der Waals surface area contributed by atoms with Gasteiger partial charge in [0.15, 0.2) is 0 Å². The number of hydrogen-bond acceptors (Lipinski definition) is 8. The molecule has 0 amide bonds. The Hall–Kier alpha value is -3.29. The van der Waals surface area contributed by atoms with Crippen LogP contribution in [0.15, 0.2) is 35.0 Å². The Morgan fingerprint density at radius 2 is 1.97 bits per heavy atom. The maximum absolute atomic E-state index is 11.5. The fourth-order valence-electron chi connectivity index (χ4n) is 3.88. The van der Waals surface area contributed by atoms with Crippen LogP contribution in [0.5, 0.6) is 0 Å². The van der Waals surface area contributed by atoms with E-state index in [0.29, 0.717) is 24.2 Å². The van der Waals surface area contributed by atoms with Gasteiger partial charge in [-0.3, -0.25) is 4.79 Å². The van der Waals surface area contributed by atoms with E-state index in [1.807, 2.05) is 0 Å². The minimum atomic E-state index is -0.398. The average molecular weight is 405 g/mol. The highest BCUT2D eigenvalue weighted by atomic mass is 16.5. The van der Waals surface area contributed by atoms with Gasteiger partial charge in [-0.1, -0.05) is 18.2 Å². The van der Waals surface area contributed by atoms with E-state index in [4.69, 9.17) is 9.15 Å². The van der Waals surface area contributed by atoms with Gasteiger partial charge in [0, 0.05) is 18.4 Å². The molecule has 1 unspecified atom stereocenters. The Labute approximate surface area is 174 Å². The van der Waals surface area contributed by atoms with Crippen LogP contribution >= 0.6 is 0 Å². The Kier molecular flexibility index (Phi) is 4.90. The summed E-state index contributed by atoms with van der Waals surface area (Å²) in [5, 5.41) is 11.3. The van der Waals surface area contributed by atoms with E-state index in [1.54, 1.807) is 19.3 Å². The van der Waals surface area contributed by atoms with E-state index in [1.165, 1.54) is 29.5 Å². The molecule has 1 fully saturated rings. The number of nitrogens with zero attached hydrogens (tertiary/aromatic N) is 4. The van der Waals surface area contributed by atoms with Crippen molar-refractivity contribution < 1.29 is 13.9 Å². The van der Waals surface area contributed by atoms with Crippen molar-refractivity contribution in [2.75, 3.05) is 11.9 Å². The number of anilines is 1. The first-order chi connectivity index (χ1) is 14.7. The highest BCUT2D eigenvalue weighted by molar-refractivity contribution is 5.71. The number of nitrogens with one attached hydrogen (secondary N) is 1. The van der Waals surface area contributed by atoms with E-state index >= 15 is 0 Å². The minimum Gasteiger partial charge on any atom is -0.466 e. The number of aromatic nitrogens is 4. The van der Waals surface area contributed by atoms with Gasteiger partial charge in [0.25, 0.3) is 5.89 Å². The minimum absolute atomic E-state index is 0.0496. The van der Waals surface area contributed by atoms with Crippen molar-refractivity contribution in [3.05, 3.63) is 53.2 Å². The fraction of sp³-hybridized carbons (Fsp3) is 0.409. The molecule has 1 saturated carbocycles. The van der Waals surface area contributed by atoms with Crippen molar-refractivity contribution in [3.8, 4) is 11.5 Å². The first kappa shape index (κ1) is 18.7. The summed E-state index contributed by atoms with van der Waals surface area (Å²) in [6.07, 6.45) is 7.85. The van der Waals surface area contributed by atoms with Gasteiger partial charge in [0.1, 0.15) is 6.42 Å². The van der Waals surface area contributed by atoms with E-state index in [9.17, 15) is 4.79 Å². The molecule has 2 aliphatic rings. The largest absolute Gasteiger partial charge is 0.466 e. The van der Waals surface area contributed by atoms with Crippen molar-refractivity contribution in [2.45, 2.75) is 51.0 Å². The van der Waals surface area contributed by atoms with Crippen LogP contribution in [0, 0.1) is 0 Å². The summed E-state index contributed by atoms with van der Waals surface area (Å²) < 4.78 is 10.4. The number of benzene rings is 1. The lowest BCUT2D eigenvalue weighted by Crippen LogP contribution is -2.20. The second-order valence-electron chi connectivity index (χ2n) is 7.83. The monoisotopic (exact) mass is 405 g/mol. The standard InChI is InChI=1S/C22H23N5O3/c1-2-29-20(28)10-19-26-27-21(30-19)17-11-23-22(24-12-17)25-18-8-15-6-5-14(13-3-4-13)7-16(15)9-18/h5-7,11-13,18H,2-4,8-10H2,1H3,(H,23,24,25). The van der Waals surface area contributed by atoms with Crippen LogP contribution in [0.1, 0.15) is 48.3 Å². The van der Waals surface area contributed by atoms with Gasteiger partial charge in [-0.15, -0.1) is 10.2 Å². The molecule has 0 saturated heterocycles. The fourth-order valence-corrected chi connectivity index (χ4v) is 3.88. The highest BCUT2D eigenvalue weighted by Crippen LogP contribution is 2.41. The molecule has 0 bridgehead atoms. The number of hydrogen-bond donors (Lipinski definition) is 1. The molecule has 0 spiro atoms. The highest BCUT2D eigenvalue weighted by Gasteiger charge is 2.27. The molecule has 154 valence electrons. The van der Waals surface area contributed by atoms with E-state index < -0.39 is 5.97 Å². The zero-order chi connectivity index (χ0) is 20.5. The van der Waals surface area contributed by atoms with Gasteiger partial charge < -0.3 is 14.5 Å². The van der Waals surface area contributed by atoms with E-state index in [-0.39, 0.29) is 18.2 Å². The summed E-state index contributed by atoms with van der Waals surface area (Å²) in [6.45, 7) is 2.07. The molecule has 8 heteroatoms. The lowest BCUT2D eigenvalue weighted by Gasteiger charge is -2.11. The number of carbonyl (C=O) groups excluding carboxylic acids is 1. The molecule has 2 aromatic heterocycles. The smallest absolute Gasteiger partial charge is 0.315 e. The molecular formula is C22H23N5O3. The third kappa shape index (κ3) is 4.03. The maximum Gasteiger partial charge on any atom is 0.315 e. The van der Waals surface area contributed by atoms with E-state index in [2.05, 4.69) is 43.7 Å². The topological polar surface area (TPSA) is 103 Å². The van der Waals surface area contributed by atoms with Gasteiger partial charge in [-0.2, -0.15) is 0 Å². The number of esters is 1. The molecule has 3 aromatic rings. The van der Waals surface area contributed by atoms with Crippen LogP contribution in [0.2, 0.25) is 0 Å². The second kappa shape index (κ2) is 7.85. The molecule has 1 atom stereocenters. The Morgan fingerprint density at radius 3 is 2.73 bits per heavy atom. The lowest BCUT2D eigenvalue weighted by atomic mass is 10.0. The SMILES string of the molecule is CCOC(=O)Cc1nnc(-c2cnc(NC3Cc4ccc(C5CC5)cc4C3)nc2)o1. The second-order valence-corrected chi connectivity index (χ2v) is 7.83. The number of rotatable bonds is 7. The molecule has 0 aliphatic heterocycles. The third-order valence-corrected chi connectivity index (χ3v) is 5.51. The van der Waals surface area contributed by atoms with Gasteiger partial charge in [0.05, 0.1) is 12.2 Å². The first-order valence-electron chi connectivity index (χ1n) is 10.4. The molecule has 8 nitrogen and oxygen atoms in total. The number of carbonyl (C=O) groups is 1. The average Bonchev–Trinajstić information content (AvgIpc) is 3.36. The summed E-state index contributed by atoms with van der Waals surface area (Å²) in [5.41, 5.74) is 4.94. The summed E-state index contributed by atoms with van der Waals surface area (Å²) in [6, 6.07) is 7.23. The van der Waals surface area contributed by atoms with Gasteiger partial charge >= 0.3 is 5.97 Å². The number of ether oxygens (including phenoxy) is 1. The third-order valence-electron chi connectivity index (χ3n) is 5.51. The Bertz CT molecular complexity index is 1060. The quantitative estimate of drug-likeness (QED) is 0.598.